The van der Waals surface area contributed by atoms with Crippen LogP contribution in [-0.2, 0) is 0 Å². The van der Waals surface area contributed by atoms with Crippen molar-refractivity contribution in [1.82, 2.24) is 10.9 Å². The van der Waals surface area contributed by atoms with Gasteiger partial charge in [0.25, 0.3) is 0 Å². The Morgan fingerprint density at radius 1 is 1.19 bits per heavy atom. The summed E-state index contributed by atoms with van der Waals surface area (Å²) in [5.74, 6) is 1.55. The lowest BCUT2D eigenvalue weighted by atomic mass is 9.69. The first kappa shape index (κ1) is 18.5. The molecule has 1 aromatic carbocycles. The van der Waals surface area contributed by atoms with Crippen molar-refractivity contribution < 1.29 is 4.74 Å². The van der Waals surface area contributed by atoms with Crippen LogP contribution < -0.4 is 15.6 Å². The second kappa shape index (κ2) is 6.62. The maximum Gasteiger partial charge on any atom is 0.184 e. The Balaban J connectivity index is 1.53. The molecule has 144 valence electrons. The highest BCUT2D eigenvalue weighted by Gasteiger charge is 2.57. The Kier molecular flexibility index (Phi) is 4.53. The lowest BCUT2D eigenvalue weighted by molar-refractivity contribution is 0.170. The minimum Gasteiger partial charge on any atom is -0.494 e. The number of benzene rings is 1. The van der Waals surface area contributed by atoms with Crippen molar-refractivity contribution in [2.45, 2.75) is 47.5 Å². The summed E-state index contributed by atoms with van der Waals surface area (Å²) in [7, 11) is 0. The van der Waals surface area contributed by atoms with Crippen LogP contribution in [-0.4, -0.2) is 11.8 Å². The average molecular weight is 384 g/mol. The van der Waals surface area contributed by atoms with Gasteiger partial charge in [0.05, 0.1) is 12.3 Å². The molecular weight excluding hydrogens is 354 g/mol. The lowest BCUT2D eigenvalue weighted by Gasteiger charge is -2.36. The number of ether oxygens (including phenoxy) is 1. The molecule has 27 heavy (non-hydrogen) atoms. The molecule has 2 aliphatic carbocycles. The van der Waals surface area contributed by atoms with Gasteiger partial charge in [-0.1, -0.05) is 38.6 Å². The van der Waals surface area contributed by atoms with Gasteiger partial charge in [0.15, 0.2) is 5.17 Å². The molecule has 1 aliphatic heterocycles. The van der Waals surface area contributed by atoms with Gasteiger partial charge in [0.2, 0.25) is 0 Å². The Morgan fingerprint density at radius 2 is 1.93 bits per heavy atom. The molecule has 2 atom stereocenters. The summed E-state index contributed by atoms with van der Waals surface area (Å²) in [5, 5.41) is 0.929. The van der Waals surface area contributed by atoms with Crippen molar-refractivity contribution in [3.8, 4) is 5.75 Å². The normalized spacial score (nSPS) is 30.2. The van der Waals surface area contributed by atoms with E-state index in [2.05, 4.69) is 56.8 Å². The number of allylic oxidation sites excluding steroid dienone is 3. The SMILES string of the molecule is CCOc1ccc(C2=C(C)SC(=NC3=C[C@@H]4CC[C@]3(C)C4(C)C)NN2)cc1. The van der Waals surface area contributed by atoms with Crippen molar-refractivity contribution in [1.29, 1.82) is 0 Å². The summed E-state index contributed by atoms with van der Waals surface area (Å²) in [6, 6.07) is 8.20. The topological polar surface area (TPSA) is 45.6 Å². The van der Waals surface area contributed by atoms with Crippen LogP contribution in [0.3, 0.4) is 0 Å². The molecule has 0 aromatic heterocycles. The Morgan fingerprint density at radius 3 is 2.48 bits per heavy atom. The largest absolute Gasteiger partial charge is 0.494 e. The van der Waals surface area contributed by atoms with Gasteiger partial charge < -0.3 is 4.74 Å². The molecule has 0 saturated heterocycles. The number of hydrogen-bond acceptors (Lipinski definition) is 4. The average Bonchev–Trinajstić information content (AvgIpc) is 2.97. The van der Waals surface area contributed by atoms with Crippen LogP contribution in [0.4, 0.5) is 0 Å². The number of aliphatic imine (C=N–C) groups is 1. The van der Waals surface area contributed by atoms with Crippen LogP contribution >= 0.6 is 11.8 Å². The molecule has 0 unspecified atom stereocenters. The summed E-state index contributed by atoms with van der Waals surface area (Å²) in [6.45, 7) is 12.0. The zero-order chi connectivity index (χ0) is 19.2. The number of nitrogens with zero attached hydrogens (tertiary/aromatic N) is 1. The monoisotopic (exact) mass is 383 g/mol. The standard InChI is InChI=1S/C22H29N3OS/c1-6-26-17-9-7-15(8-10-17)19-14(2)27-20(25-24-19)23-18-13-16-11-12-22(18,5)21(16,3)4/h7-10,13,16,24H,6,11-12H2,1-5H3,(H,23,25)/t16-,22-/m0/s1. The van der Waals surface area contributed by atoms with Gasteiger partial charge in [-0.15, -0.1) is 0 Å². The van der Waals surface area contributed by atoms with E-state index in [1.165, 1.54) is 23.4 Å². The molecule has 3 aliphatic rings. The second-order valence-electron chi connectivity index (χ2n) is 8.41. The van der Waals surface area contributed by atoms with E-state index < -0.39 is 0 Å². The van der Waals surface area contributed by atoms with Crippen LogP contribution in [0.1, 0.15) is 53.0 Å². The molecule has 1 aromatic rings. The van der Waals surface area contributed by atoms with Crippen LogP contribution in [0, 0.1) is 16.7 Å². The zero-order valence-electron chi connectivity index (χ0n) is 16.8. The molecule has 4 nitrogen and oxygen atoms in total. The third kappa shape index (κ3) is 2.96. The fraction of sp³-hybridized carbons (Fsp3) is 0.500. The number of thioether (sulfide) groups is 1. The molecule has 1 saturated carbocycles. The lowest BCUT2D eigenvalue weighted by Crippen LogP contribution is -2.38. The van der Waals surface area contributed by atoms with Gasteiger partial charge in [-0.05, 0) is 62.3 Å². The molecule has 4 rings (SSSR count). The van der Waals surface area contributed by atoms with E-state index in [0.29, 0.717) is 17.9 Å². The summed E-state index contributed by atoms with van der Waals surface area (Å²) in [5.41, 5.74) is 10.6. The second-order valence-corrected chi connectivity index (χ2v) is 9.61. The van der Waals surface area contributed by atoms with Crippen molar-refractivity contribution >= 4 is 22.6 Å². The fourth-order valence-electron chi connectivity index (χ4n) is 4.57. The highest BCUT2D eigenvalue weighted by atomic mass is 32.2. The van der Waals surface area contributed by atoms with E-state index in [9.17, 15) is 0 Å². The molecule has 1 fully saturated rings. The summed E-state index contributed by atoms with van der Waals surface area (Å²) in [4.78, 5) is 6.23. The zero-order valence-corrected chi connectivity index (χ0v) is 17.7. The van der Waals surface area contributed by atoms with Crippen LogP contribution in [0.15, 0.2) is 45.9 Å². The Labute approximate surface area is 166 Å². The number of nitrogens with one attached hydrogen (secondary N) is 2. The molecule has 2 bridgehead atoms. The van der Waals surface area contributed by atoms with E-state index in [0.717, 1.165) is 22.2 Å². The minimum atomic E-state index is 0.180. The van der Waals surface area contributed by atoms with Crippen molar-refractivity contribution in [2.24, 2.45) is 21.7 Å². The summed E-state index contributed by atoms with van der Waals surface area (Å²) >= 11 is 1.70. The van der Waals surface area contributed by atoms with Crippen molar-refractivity contribution in [2.75, 3.05) is 6.61 Å². The first-order valence-corrected chi connectivity index (χ1v) is 10.6. The Bertz CT molecular complexity index is 838. The Hall–Kier alpha value is -1.88. The minimum absolute atomic E-state index is 0.180. The third-order valence-corrected chi connectivity index (χ3v) is 7.70. The molecule has 1 heterocycles. The highest BCUT2D eigenvalue weighted by molar-refractivity contribution is 8.17. The first-order valence-electron chi connectivity index (χ1n) is 9.80. The van der Waals surface area contributed by atoms with E-state index in [1.807, 2.05) is 19.1 Å². The molecule has 5 heteroatoms. The van der Waals surface area contributed by atoms with Crippen LogP contribution in [0.2, 0.25) is 0 Å². The predicted molar refractivity (Wildman–Crippen MR) is 114 cm³/mol. The van der Waals surface area contributed by atoms with Gasteiger partial charge in [-0.25, -0.2) is 4.99 Å². The number of amidine groups is 1. The summed E-state index contributed by atoms with van der Waals surface area (Å²) in [6.07, 6.45) is 4.93. The molecular formula is C22H29N3OS. The quantitative estimate of drug-likeness (QED) is 0.739. The predicted octanol–water partition coefficient (Wildman–Crippen LogP) is 5.31. The van der Waals surface area contributed by atoms with Gasteiger partial charge in [-0.2, -0.15) is 0 Å². The number of hydrazine groups is 1. The van der Waals surface area contributed by atoms with Gasteiger partial charge in [-0.3, -0.25) is 10.9 Å². The van der Waals surface area contributed by atoms with Crippen molar-refractivity contribution in [3.63, 3.8) is 0 Å². The number of rotatable bonds is 4. The van der Waals surface area contributed by atoms with E-state index in [1.54, 1.807) is 11.8 Å². The molecule has 0 radical (unpaired) electrons. The van der Waals surface area contributed by atoms with Gasteiger partial charge >= 0.3 is 0 Å². The van der Waals surface area contributed by atoms with E-state index >= 15 is 0 Å². The van der Waals surface area contributed by atoms with Crippen LogP contribution in [0.25, 0.3) is 5.70 Å². The number of hydrogen-bond donors (Lipinski definition) is 2. The summed E-state index contributed by atoms with van der Waals surface area (Å²) < 4.78 is 5.53. The van der Waals surface area contributed by atoms with Crippen molar-refractivity contribution in [3.05, 3.63) is 46.5 Å². The highest BCUT2D eigenvalue weighted by Crippen LogP contribution is 2.65. The van der Waals surface area contributed by atoms with Gasteiger partial charge in [0, 0.05) is 21.6 Å². The van der Waals surface area contributed by atoms with E-state index in [4.69, 9.17) is 9.73 Å². The van der Waals surface area contributed by atoms with E-state index in [-0.39, 0.29) is 5.41 Å². The number of fused-ring (bicyclic) bond motifs is 2. The van der Waals surface area contributed by atoms with Crippen LogP contribution in [0.5, 0.6) is 5.75 Å². The first-order chi connectivity index (χ1) is 12.8. The smallest absolute Gasteiger partial charge is 0.184 e. The molecule has 0 spiro atoms. The third-order valence-electron chi connectivity index (χ3n) is 6.80. The maximum absolute atomic E-state index is 5.53. The fourth-order valence-corrected chi connectivity index (χ4v) is 5.37. The molecule has 2 N–H and O–H groups in total. The van der Waals surface area contributed by atoms with Gasteiger partial charge in [0.1, 0.15) is 5.75 Å². The molecule has 0 amide bonds. The maximum atomic E-state index is 5.53.